The van der Waals surface area contributed by atoms with Gasteiger partial charge in [0.15, 0.2) is 5.78 Å². The van der Waals surface area contributed by atoms with Crippen LogP contribution in [-0.4, -0.2) is 43.3 Å². The largest absolute Gasteiger partial charge is 0.355 e. The molecule has 6 heteroatoms. The molecule has 0 saturated carbocycles. The maximum absolute atomic E-state index is 12.1. The van der Waals surface area contributed by atoms with Crippen LogP contribution in [0, 0.1) is 0 Å². The van der Waals surface area contributed by atoms with Crippen LogP contribution in [0.5, 0.6) is 0 Å². The first-order valence-corrected chi connectivity index (χ1v) is 9.40. The highest BCUT2D eigenvalue weighted by atomic mass is 35.5. The lowest BCUT2D eigenvalue weighted by Crippen LogP contribution is -2.41. The standard InChI is InChI=1S/C19H23ClN2O2S/c1-22(2)15(12-14-6-4-3-5-7-14)13-21-19(24)11-8-16(23)17-9-10-18(20)25-17/h3-7,9-10,15H,8,11-13H2,1-2H3,(H,21,24). The molecular weight excluding hydrogens is 356 g/mol. The lowest BCUT2D eigenvalue weighted by Gasteiger charge is -2.24. The molecule has 4 nitrogen and oxygen atoms in total. The average Bonchev–Trinajstić information content (AvgIpc) is 3.03. The fourth-order valence-corrected chi connectivity index (χ4v) is 3.47. The monoisotopic (exact) mass is 378 g/mol. The third-order valence-corrected chi connectivity index (χ3v) is 5.28. The Morgan fingerprint density at radius 3 is 2.44 bits per heavy atom. The number of carbonyl (C=O) groups is 2. The van der Waals surface area contributed by atoms with Gasteiger partial charge in [0.25, 0.3) is 0 Å². The SMILES string of the molecule is CN(C)C(CNC(=O)CCC(=O)c1ccc(Cl)s1)Cc1ccccc1. The number of ketones is 1. The summed E-state index contributed by atoms with van der Waals surface area (Å²) in [7, 11) is 4.01. The molecule has 1 aromatic carbocycles. The fourth-order valence-electron chi connectivity index (χ4n) is 2.46. The Hall–Kier alpha value is -1.69. The van der Waals surface area contributed by atoms with Crippen molar-refractivity contribution < 1.29 is 9.59 Å². The lowest BCUT2D eigenvalue weighted by atomic mass is 10.1. The van der Waals surface area contributed by atoms with Gasteiger partial charge in [0.05, 0.1) is 9.21 Å². The maximum atomic E-state index is 12.1. The number of Topliss-reactive ketones (excluding diaryl/α,β-unsaturated/α-hetero) is 1. The smallest absolute Gasteiger partial charge is 0.220 e. The normalized spacial score (nSPS) is 12.2. The zero-order valence-electron chi connectivity index (χ0n) is 14.5. The van der Waals surface area contributed by atoms with E-state index in [1.807, 2.05) is 32.3 Å². The Kier molecular flexibility index (Phi) is 7.62. The highest BCUT2D eigenvalue weighted by Gasteiger charge is 2.15. The van der Waals surface area contributed by atoms with Crippen LogP contribution < -0.4 is 5.32 Å². The molecule has 1 unspecified atom stereocenters. The van der Waals surface area contributed by atoms with E-state index in [9.17, 15) is 9.59 Å². The van der Waals surface area contributed by atoms with Gasteiger partial charge >= 0.3 is 0 Å². The molecule has 1 amide bonds. The van der Waals surface area contributed by atoms with E-state index in [0.29, 0.717) is 15.8 Å². The van der Waals surface area contributed by atoms with Gasteiger partial charge in [-0.05, 0) is 38.2 Å². The number of thiophene rings is 1. The van der Waals surface area contributed by atoms with Gasteiger partial charge in [-0.1, -0.05) is 41.9 Å². The summed E-state index contributed by atoms with van der Waals surface area (Å²) in [4.78, 5) is 26.8. The van der Waals surface area contributed by atoms with Gasteiger partial charge in [-0.25, -0.2) is 0 Å². The van der Waals surface area contributed by atoms with Gasteiger partial charge in [0, 0.05) is 25.4 Å². The van der Waals surface area contributed by atoms with Crippen LogP contribution in [0.3, 0.4) is 0 Å². The molecule has 0 bridgehead atoms. The summed E-state index contributed by atoms with van der Waals surface area (Å²) in [5.41, 5.74) is 1.24. The second-order valence-electron chi connectivity index (χ2n) is 6.14. The van der Waals surface area contributed by atoms with E-state index in [4.69, 9.17) is 11.6 Å². The molecule has 134 valence electrons. The van der Waals surface area contributed by atoms with Gasteiger partial charge in [0.2, 0.25) is 5.91 Å². The zero-order valence-corrected chi connectivity index (χ0v) is 16.1. The van der Waals surface area contributed by atoms with Gasteiger partial charge in [-0.3, -0.25) is 9.59 Å². The number of nitrogens with one attached hydrogen (secondary N) is 1. The molecule has 1 heterocycles. The molecule has 0 saturated heterocycles. The molecule has 0 aliphatic rings. The predicted octanol–water partition coefficient (Wildman–Crippen LogP) is 3.65. The second kappa shape index (κ2) is 9.70. The predicted molar refractivity (Wildman–Crippen MR) is 104 cm³/mol. The van der Waals surface area contributed by atoms with Crippen LogP contribution in [-0.2, 0) is 11.2 Å². The zero-order chi connectivity index (χ0) is 18.2. The van der Waals surface area contributed by atoms with E-state index < -0.39 is 0 Å². The van der Waals surface area contributed by atoms with Crippen molar-refractivity contribution in [1.29, 1.82) is 0 Å². The number of halogens is 1. The molecule has 2 rings (SSSR count). The van der Waals surface area contributed by atoms with Crippen LogP contribution in [0.2, 0.25) is 4.34 Å². The number of amides is 1. The van der Waals surface area contributed by atoms with Crippen LogP contribution in [0.1, 0.15) is 28.1 Å². The molecular formula is C19H23ClN2O2S. The number of carbonyl (C=O) groups excluding carboxylic acids is 2. The van der Waals surface area contributed by atoms with Crippen LogP contribution in [0.4, 0.5) is 0 Å². The van der Waals surface area contributed by atoms with Crippen LogP contribution in [0.15, 0.2) is 42.5 Å². The molecule has 25 heavy (non-hydrogen) atoms. The van der Waals surface area contributed by atoms with Crippen molar-refractivity contribution in [3.63, 3.8) is 0 Å². The third kappa shape index (κ3) is 6.61. The summed E-state index contributed by atoms with van der Waals surface area (Å²) in [6.45, 7) is 0.555. The second-order valence-corrected chi connectivity index (χ2v) is 7.85. The molecule has 1 aromatic heterocycles. The number of rotatable bonds is 9. The van der Waals surface area contributed by atoms with Crippen LogP contribution in [0.25, 0.3) is 0 Å². The average molecular weight is 379 g/mol. The summed E-state index contributed by atoms with van der Waals surface area (Å²) in [6, 6.07) is 13.8. The van der Waals surface area contributed by atoms with Crippen molar-refractivity contribution in [1.82, 2.24) is 10.2 Å². The van der Waals surface area contributed by atoms with Gasteiger partial charge < -0.3 is 10.2 Å². The van der Waals surface area contributed by atoms with Gasteiger partial charge in [0.1, 0.15) is 0 Å². The Bertz CT molecular complexity index is 700. The Morgan fingerprint density at radius 1 is 1.12 bits per heavy atom. The number of nitrogens with zero attached hydrogens (tertiary/aromatic N) is 1. The van der Waals surface area contributed by atoms with Crippen LogP contribution >= 0.6 is 22.9 Å². The molecule has 0 radical (unpaired) electrons. The fraction of sp³-hybridized carbons (Fsp3) is 0.368. The van der Waals surface area contributed by atoms with E-state index in [1.54, 1.807) is 12.1 Å². The van der Waals surface area contributed by atoms with Crippen molar-refractivity contribution in [2.75, 3.05) is 20.6 Å². The van der Waals surface area contributed by atoms with E-state index in [0.717, 1.165) is 6.42 Å². The molecule has 2 aromatic rings. The molecule has 0 aliphatic carbocycles. The van der Waals surface area contributed by atoms with E-state index >= 15 is 0 Å². The molecule has 1 atom stereocenters. The summed E-state index contributed by atoms with van der Waals surface area (Å²) in [5, 5.41) is 2.94. The summed E-state index contributed by atoms with van der Waals surface area (Å²) >= 11 is 7.08. The first-order chi connectivity index (χ1) is 12.0. The highest BCUT2D eigenvalue weighted by Crippen LogP contribution is 2.22. The van der Waals surface area contributed by atoms with Crippen molar-refractivity contribution >= 4 is 34.6 Å². The summed E-state index contributed by atoms with van der Waals surface area (Å²) < 4.78 is 0.586. The molecule has 1 N–H and O–H groups in total. The Balaban J connectivity index is 1.77. The minimum atomic E-state index is -0.101. The van der Waals surface area contributed by atoms with Gasteiger partial charge in [-0.15, -0.1) is 11.3 Å². The molecule has 0 spiro atoms. The topological polar surface area (TPSA) is 49.4 Å². The van der Waals surface area contributed by atoms with E-state index in [1.165, 1.54) is 16.9 Å². The first kappa shape index (κ1) is 19.6. The molecule has 0 aliphatic heterocycles. The number of hydrogen-bond acceptors (Lipinski definition) is 4. The van der Waals surface area contributed by atoms with Crippen molar-refractivity contribution in [2.24, 2.45) is 0 Å². The number of likely N-dealkylation sites (N-methyl/N-ethyl adjacent to an activating group) is 1. The third-order valence-electron chi connectivity index (χ3n) is 4.01. The first-order valence-electron chi connectivity index (χ1n) is 8.21. The summed E-state index contributed by atoms with van der Waals surface area (Å²) in [5.74, 6) is -0.142. The van der Waals surface area contributed by atoms with Crippen molar-refractivity contribution in [3.05, 3.63) is 57.2 Å². The Morgan fingerprint density at radius 2 is 1.84 bits per heavy atom. The van der Waals surface area contributed by atoms with Gasteiger partial charge in [-0.2, -0.15) is 0 Å². The molecule has 0 fully saturated rings. The van der Waals surface area contributed by atoms with Crippen molar-refractivity contribution in [3.8, 4) is 0 Å². The van der Waals surface area contributed by atoms with E-state index in [2.05, 4.69) is 22.3 Å². The Labute approximate surface area is 157 Å². The quantitative estimate of drug-likeness (QED) is 0.677. The van der Waals surface area contributed by atoms with Crippen molar-refractivity contribution in [2.45, 2.75) is 25.3 Å². The minimum Gasteiger partial charge on any atom is -0.355 e. The number of benzene rings is 1. The maximum Gasteiger partial charge on any atom is 0.220 e. The summed E-state index contributed by atoms with van der Waals surface area (Å²) in [6.07, 6.45) is 1.26. The highest BCUT2D eigenvalue weighted by molar-refractivity contribution is 7.18. The lowest BCUT2D eigenvalue weighted by molar-refractivity contribution is -0.121. The van der Waals surface area contributed by atoms with E-state index in [-0.39, 0.29) is 30.6 Å². The number of hydrogen-bond donors (Lipinski definition) is 1. The minimum absolute atomic E-state index is 0.0412.